The van der Waals surface area contributed by atoms with E-state index >= 15 is 0 Å². The van der Waals surface area contributed by atoms with Gasteiger partial charge < -0.3 is 14.3 Å². The molecule has 1 atom stereocenters. The van der Waals surface area contributed by atoms with Crippen molar-refractivity contribution in [3.63, 3.8) is 0 Å². The lowest BCUT2D eigenvalue weighted by molar-refractivity contribution is 0.213. The van der Waals surface area contributed by atoms with Crippen LogP contribution in [0.3, 0.4) is 0 Å². The van der Waals surface area contributed by atoms with Crippen LogP contribution in [-0.4, -0.2) is 32.1 Å². The van der Waals surface area contributed by atoms with Crippen molar-refractivity contribution in [3.8, 4) is 11.8 Å². The molecule has 94 valence electrons. The summed E-state index contributed by atoms with van der Waals surface area (Å²) in [6.45, 7) is 3.07. The van der Waals surface area contributed by atoms with E-state index in [4.69, 9.17) is 19.6 Å². The van der Waals surface area contributed by atoms with Crippen LogP contribution in [0.15, 0.2) is 23.4 Å². The molecule has 5 nitrogen and oxygen atoms in total. The molecule has 1 aliphatic rings. The van der Waals surface area contributed by atoms with Gasteiger partial charge in [0.25, 0.3) is 0 Å². The molecule has 0 bridgehead atoms. The fourth-order valence-corrected chi connectivity index (χ4v) is 1.56. The molecule has 1 heterocycles. The third-order valence-electron chi connectivity index (χ3n) is 2.57. The third kappa shape index (κ3) is 2.99. The van der Waals surface area contributed by atoms with Crippen LogP contribution in [0.5, 0.6) is 5.75 Å². The largest absolute Gasteiger partial charge is 0.491 e. The second-order valence-electron chi connectivity index (χ2n) is 3.94. The van der Waals surface area contributed by atoms with Gasteiger partial charge in [0.05, 0.1) is 24.0 Å². The minimum atomic E-state index is 0.201. The fraction of sp³-hybridized carbons (Fsp3) is 0.385. The zero-order chi connectivity index (χ0) is 13.0. The standard InChI is InChI=1S/C13H14N2O3/c1-9(15-16-2)13-4-3-11(5-10(13)6-14)17-7-12-8-18-12/h3-5,12H,7-8H2,1-2H3/b15-9+/t12-/m0/s1. The first-order valence-electron chi connectivity index (χ1n) is 5.61. The molecule has 0 radical (unpaired) electrons. The Bertz CT molecular complexity index is 501. The summed E-state index contributed by atoms with van der Waals surface area (Å²) in [5.74, 6) is 0.663. The lowest BCUT2D eigenvalue weighted by atomic mass is 10.0. The molecule has 1 aliphatic heterocycles. The third-order valence-corrected chi connectivity index (χ3v) is 2.57. The predicted molar refractivity (Wildman–Crippen MR) is 65.6 cm³/mol. The summed E-state index contributed by atoms with van der Waals surface area (Å²) < 4.78 is 10.6. The molecular weight excluding hydrogens is 232 g/mol. The maximum atomic E-state index is 9.12. The monoisotopic (exact) mass is 246 g/mol. The predicted octanol–water partition coefficient (Wildman–Crippen LogP) is 1.71. The lowest BCUT2D eigenvalue weighted by Gasteiger charge is -2.07. The second kappa shape index (κ2) is 5.52. The van der Waals surface area contributed by atoms with Crippen molar-refractivity contribution in [2.24, 2.45) is 5.16 Å². The van der Waals surface area contributed by atoms with Crippen molar-refractivity contribution in [3.05, 3.63) is 29.3 Å². The number of nitrogens with zero attached hydrogens (tertiary/aromatic N) is 2. The Balaban J connectivity index is 2.17. The quantitative estimate of drug-likeness (QED) is 0.450. The van der Waals surface area contributed by atoms with E-state index < -0.39 is 0 Å². The summed E-state index contributed by atoms with van der Waals surface area (Å²) >= 11 is 0. The van der Waals surface area contributed by atoms with E-state index in [2.05, 4.69) is 11.2 Å². The molecule has 5 heteroatoms. The molecule has 0 saturated carbocycles. The maximum Gasteiger partial charge on any atom is 0.120 e. The van der Waals surface area contributed by atoms with Crippen molar-refractivity contribution in [1.29, 1.82) is 5.26 Å². The Morgan fingerprint density at radius 1 is 1.61 bits per heavy atom. The summed E-state index contributed by atoms with van der Waals surface area (Å²) in [6.07, 6.45) is 0.201. The SMILES string of the molecule is CO/N=C(\C)c1ccc(OC[C@H]2CO2)cc1C#N. The highest BCUT2D eigenvalue weighted by Crippen LogP contribution is 2.20. The van der Waals surface area contributed by atoms with Crippen LogP contribution < -0.4 is 4.74 Å². The van der Waals surface area contributed by atoms with Gasteiger partial charge in [-0.25, -0.2) is 0 Å². The van der Waals surface area contributed by atoms with E-state index in [0.717, 1.165) is 12.2 Å². The van der Waals surface area contributed by atoms with Gasteiger partial charge in [-0.2, -0.15) is 5.26 Å². The molecule has 1 aromatic carbocycles. The summed E-state index contributed by atoms with van der Waals surface area (Å²) in [4.78, 5) is 4.71. The van der Waals surface area contributed by atoms with E-state index in [-0.39, 0.29) is 6.10 Å². The van der Waals surface area contributed by atoms with Gasteiger partial charge in [-0.1, -0.05) is 5.16 Å². The highest BCUT2D eigenvalue weighted by molar-refractivity contribution is 6.00. The molecule has 0 spiro atoms. The molecule has 1 saturated heterocycles. The average molecular weight is 246 g/mol. The fourth-order valence-electron chi connectivity index (χ4n) is 1.56. The molecule has 0 unspecified atom stereocenters. The average Bonchev–Trinajstić information content (AvgIpc) is 3.20. The first-order valence-corrected chi connectivity index (χ1v) is 5.61. The molecule has 1 fully saturated rings. The first kappa shape index (κ1) is 12.4. The topological polar surface area (TPSA) is 67.1 Å². The Morgan fingerprint density at radius 2 is 2.39 bits per heavy atom. The van der Waals surface area contributed by atoms with Crippen LogP contribution in [-0.2, 0) is 9.57 Å². The summed E-state index contributed by atoms with van der Waals surface area (Å²) in [6, 6.07) is 7.45. The van der Waals surface area contributed by atoms with Gasteiger partial charge in [-0.05, 0) is 25.1 Å². The van der Waals surface area contributed by atoms with Crippen LogP contribution in [0.25, 0.3) is 0 Å². The van der Waals surface area contributed by atoms with Crippen molar-refractivity contribution in [1.82, 2.24) is 0 Å². The molecule has 0 amide bonds. The van der Waals surface area contributed by atoms with Gasteiger partial charge in [-0.3, -0.25) is 0 Å². The number of nitriles is 1. The lowest BCUT2D eigenvalue weighted by Crippen LogP contribution is -2.05. The van der Waals surface area contributed by atoms with Crippen LogP contribution in [0.4, 0.5) is 0 Å². The van der Waals surface area contributed by atoms with Crippen molar-refractivity contribution in [2.45, 2.75) is 13.0 Å². The van der Waals surface area contributed by atoms with E-state index in [1.807, 2.05) is 6.07 Å². The number of oxime groups is 1. The van der Waals surface area contributed by atoms with Gasteiger partial charge in [0.1, 0.15) is 25.6 Å². The molecule has 2 rings (SSSR count). The zero-order valence-electron chi connectivity index (χ0n) is 10.3. The number of benzene rings is 1. The number of rotatable bonds is 5. The Labute approximate surface area is 106 Å². The zero-order valence-corrected chi connectivity index (χ0v) is 10.3. The van der Waals surface area contributed by atoms with Crippen molar-refractivity contribution in [2.75, 3.05) is 20.3 Å². The first-order chi connectivity index (χ1) is 8.74. The number of hydrogen-bond donors (Lipinski definition) is 0. The summed E-state index contributed by atoms with van der Waals surface area (Å²) in [7, 11) is 1.47. The minimum absolute atomic E-state index is 0.201. The van der Waals surface area contributed by atoms with Gasteiger partial charge >= 0.3 is 0 Å². The van der Waals surface area contributed by atoms with E-state index in [0.29, 0.717) is 23.6 Å². The number of epoxide rings is 1. The van der Waals surface area contributed by atoms with Gasteiger partial charge in [0, 0.05) is 5.56 Å². The minimum Gasteiger partial charge on any atom is -0.491 e. The molecule has 0 aromatic heterocycles. The highest BCUT2D eigenvalue weighted by atomic mass is 16.6. The number of hydrogen-bond acceptors (Lipinski definition) is 5. The Kier molecular flexibility index (Phi) is 3.80. The molecule has 0 N–H and O–H groups in total. The highest BCUT2D eigenvalue weighted by Gasteiger charge is 2.23. The smallest absolute Gasteiger partial charge is 0.120 e. The van der Waals surface area contributed by atoms with Gasteiger partial charge in [0.2, 0.25) is 0 Å². The molecule has 1 aromatic rings. The van der Waals surface area contributed by atoms with E-state index in [1.54, 1.807) is 19.1 Å². The number of ether oxygens (including phenoxy) is 2. The van der Waals surface area contributed by atoms with Crippen molar-refractivity contribution < 1.29 is 14.3 Å². The van der Waals surface area contributed by atoms with Crippen LogP contribution in [0, 0.1) is 11.3 Å². The molecule has 18 heavy (non-hydrogen) atoms. The van der Waals surface area contributed by atoms with E-state index in [1.165, 1.54) is 7.11 Å². The van der Waals surface area contributed by atoms with Gasteiger partial charge in [-0.15, -0.1) is 0 Å². The molecule has 0 aliphatic carbocycles. The second-order valence-corrected chi connectivity index (χ2v) is 3.94. The summed E-state index contributed by atoms with van der Waals surface area (Å²) in [5.41, 5.74) is 1.92. The Hall–Kier alpha value is -2.06. The Morgan fingerprint density at radius 3 is 3.00 bits per heavy atom. The maximum absolute atomic E-state index is 9.12. The van der Waals surface area contributed by atoms with Crippen molar-refractivity contribution >= 4 is 5.71 Å². The van der Waals surface area contributed by atoms with Crippen LogP contribution in [0.1, 0.15) is 18.1 Å². The summed E-state index contributed by atoms with van der Waals surface area (Å²) in [5, 5.41) is 12.9. The van der Waals surface area contributed by atoms with Crippen LogP contribution in [0.2, 0.25) is 0 Å². The normalized spacial score (nSPS) is 18.1. The van der Waals surface area contributed by atoms with E-state index in [9.17, 15) is 0 Å². The van der Waals surface area contributed by atoms with Crippen LogP contribution >= 0.6 is 0 Å². The molecular formula is C13H14N2O3. The van der Waals surface area contributed by atoms with Gasteiger partial charge in [0.15, 0.2) is 0 Å².